The van der Waals surface area contributed by atoms with E-state index in [1.165, 1.54) is 4.90 Å². The number of nitrogens with zero attached hydrogens (tertiary/aromatic N) is 1. The van der Waals surface area contributed by atoms with Crippen molar-refractivity contribution in [2.75, 3.05) is 13.2 Å². The minimum atomic E-state index is -0.926. The molecular formula is C21H21ClN2O4. The Labute approximate surface area is 168 Å². The second-order valence-corrected chi connectivity index (χ2v) is 7.65. The highest BCUT2D eigenvalue weighted by Gasteiger charge is 2.47. The van der Waals surface area contributed by atoms with Crippen LogP contribution in [0.15, 0.2) is 42.5 Å². The van der Waals surface area contributed by atoms with E-state index in [1.807, 2.05) is 30.3 Å². The lowest BCUT2D eigenvalue weighted by molar-refractivity contribution is -0.131. The van der Waals surface area contributed by atoms with Crippen LogP contribution < -0.4 is 14.8 Å². The molecule has 146 valence electrons. The summed E-state index contributed by atoms with van der Waals surface area (Å²) in [5, 5.41) is 3.25. The molecule has 4 rings (SSSR count). The maximum absolute atomic E-state index is 13.0. The van der Waals surface area contributed by atoms with E-state index < -0.39 is 11.6 Å². The standard InChI is InChI=1S/C21H21ClN2O4/c1-21(8-7-14-5-3-2-4-6-14)19(25)24(20(26)23-21)13-15-11-16(22)18-17(12-15)27-9-10-28-18/h2-6,11-12H,7-10,13H2,1H3,(H,23,26)/t21-/m1/s1. The minimum Gasteiger partial charge on any atom is -0.486 e. The van der Waals surface area contributed by atoms with Gasteiger partial charge >= 0.3 is 6.03 Å². The molecule has 28 heavy (non-hydrogen) atoms. The van der Waals surface area contributed by atoms with Crippen molar-refractivity contribution in [3.8, 4) is 11.5 Å². The number of urea groups is 1. The Morgan fingerprint density at radius 1 is 1.11 bits per heavy atom. The molecule has 1 N–H and O–H groups in total. The third-order valence-electron chi connectivity index (χ3n) is 5.10. The summed E-state index contributed by atoms with van der Waals surface area (Å²) in [7, 11) is 0. The van der Waals surface area contributed by atoms with Crippen molar-refractivity contribution >= 4 is 23.5 Å². The van der Waals surface area contributed by atoms with E-state index in [-0.39, 0.29) is 12.5 Å². The van der Waals surface area contributed by atoms with Gasteiger partial charge in [-0.3, -0.25) is 9.69 Å². The Hall–Kier alpha value is -2.73. The van der Waals surface area contributed by atoms with Gasteiger partial charge in [0, 0.05) is 0 Å². The molecule has 2 aromatic rings. The van der Waals surface area contributed by atoms with Crippen molar-refractivity contribution in [2.24, 2.45) is 0 Å². The lowest BCUT2D eigenvalue weighted by Crippen LogP contribution is -2.44. The molecule has 0 radical (unpaired) electrons. The molecule has 1 saturated heterocycles. The van der Waals surface area contributed by atoms with Crippen LogP contribution in [-0.2, 0) is 17.8 Å². The van der Waals surface area contributed by atoms with Gasteiger partial charge in [-0.25, -0.2) is 4.79 Å². The Morgan fingerprint density at radius 3 is 2.64 bits per heavy atom. The Kier molecular flexibility index (Phi) is 4.89. The largest absolute Gasteiger partial charge is 0.486 e. The van der Waals surface area contributed by atoms with Crippen LogP contribution in [0.4, 0.5) is 4.79 Å². The molecule has 3 amide bonds. The summed E-state index contributed by atoms with van der Waals surface area (Å²) in [5.74, 6) is 0.800. The zero-order chi connectivity index (χ0) is 19.7. The second-order valence-electron chi connectivity index (χ2n) is 7.24. The van der Waals surface area contributed by atoms with Gasteiger partial charge in [-0.2, -0.15) is 0 Å². The van der Waals surface area contributed by atoms with Crippen molar-refractivity contribution in [1.29, 1.82) is 0 Å². The third kappa shape index (κ3) is 3.52. The smallest absolute Gasteiger partial charge is 0.325 e. The first-order valence-electron chi connectivity index (χ1n) is 9.22. The molecule has 2 aliphatic rings. The average Bonchev–Trinajstić information content (AvgIpc) is 2.91. The molecule has 0 aromatic heterocycles. The summed E-state index contributed by atoms with van der Waals surface area (Å²) in [6.07, 6.45) is 1.23. The van der Waals surface area contributed by atoms with E-state index in [0.717, 1.165) is 5.56 Å². The van der Waals surface area contributed by atoms with Crippen molar-refractivity contribution in [2.45, 2.75) is 31.8 Å². The summed E-state index contributed by atoms with van der Waals surface area (Å²) in [5.41, 5.74) is 0.915. The number of fused-ring (bicyclic) bond motifs is 1. The van der Waals surface area contributed by atoms with Crippen molar-refractivity contribution < 1.29 is 19.1 Å². The number of benzene rings is 2. The van der Waals surface area contributed by atoms with Crippen LogP contribution in [0.25, 0.3) is 0 Å². The van der Waals surface area contributed by atoms with Gasteiger partial charge in [0.1, 0.15) is 18.8 Å². The van der Waals surface area contributed by atoms with Gasteiger partial charge in [0.2, 0.25) is 0 Å². The van der Waals surface area contributed by atoms with Crippen LogP contribution in [0, 0.1) is 0 Å². The van der Waals surface area contributed by atoms with Gasteiger partial charge < -0.3 is 14.8 Å². The van der Waals surface area contributed by atoms with E-state index in [2.05, 4.69) is 5.32 Å². The lowest BCUT2D eigenvalue weighted by atomic mass is 9.93. The Bertz CT molecular complexity index is 918. The zero-order valence-corrected chi connectivity index (χ0v) is 16.3. The van der Waals surface area contributed by atoms with Crippen molar-refractivity contribution in [3.63, 3.8) is 0 Å². The Balaban J connectivity index is 1.49. The number of halogens is 1. The number of imide groups is 1. The van der Waals surface area contributed by atoms with Gasteiger partial charge in [-0.05, 0) is 43.0 Å². The first-order valence-corrected chi connectivity index (χ1v) is 9.60. The SMILES string of the molecule is C[C@]1(CCc2ccccc2)NC(=O)N(Cc2cc(Cl)c3c(c2)OCCO3)C1=O. The molecule has 1 fully saturated rings. The van der Waals surface area contributed by atoms with Crippen LogP contribution in [0.2, 0.25) is 5.02 Å². The maximum Gasteiger partial charge on any atom is 0.325 e. The number of ether oxygens (including phenoxy) is 2. The number of aryl methyl sites for hydroxylation is 1. The number of amides is 3. The lowest BCUT2D eigenvalue weighted by Gasteiger charge is -2.23. The van der Waals surface area contributed by atoms with E-state index in [0.29, 0.717) is 48.1 Å². The van der Waals surface area contributed by atoms with Crippen LogP contribution in [0.5, 0.6) is 11.5 Å². The average molecular weight is 401 g/mol. The van der Waals surface area contributed by atoms with Gasteiger partial charge in [0.25, 0.3) is 5.91 Å². The van der Waals surface area contributed by atoms with Crippen LogP contribution in [0.1, 0.15) is 24.5 Å². The fraction of sp³-hybridized carbons (Fsp3) is 0.333. The predicted molar refractivity (Wildman–Crippen MR) is 105 cm³/mol. The van der Waals surface area contributed by atoms with Crippen LogP contribution in [-0.4, -0.2) is 35.6 Å². The van der Waals surface area contributed by atoms with E-state index in [9.17, 15) is 9.59 Å². The summed E-state index contributed by atoms with van der Waals surface area (Å²) in [4.78, 5) is 26.7. The molecule has 7 heteroatoms. The number of hydrogen-bond donors (Lipinski definition) is 1. The van der Waals surface area contributed by atoms with Gasteiger partial charge in [-0.15, -0.1) is 0 Å². The molecule has 0 spiro atoms. The number of rotatable bonds is 5. The first kappa shape index (κ1) is 18.6. The molecule has 0 aliphatic carbocycles. The van der Waals surface area contributed by atoms with Gasteiger partial charge in [0.15, 0.2) is 11.5 Å². The van der Waals surface area contributed by atoms with Gasteiger partial charge in [0.05, 0.1) is 11.6 Å². The normalized spacial score (nSPS) is 21.0. The fourth-order valence-corrected chi connectivity index (χ4v) is 3.83. The number of nitrogens with one attached hydrogen (secondary N) is 1. The van der Waals surface area contributed by atoms with Crippen molar-refractivity contribution in [1.82, 2.24) is 10.2 Å². The molecule has 2 heterocycles. The number of carbonyl (C=O) groups is 2. The molecule has 0 unspecified atom stereocenters. The molecule has 2 aliphatic heterocycles. The molecule has 0 saturated carbocycles. The highest BCUT2D eigenvalue weighted by atomic mass is 35.5. The zero-order valence-electron chi connectivity index (χ0n) is 15.5. The second kappa shape index (κ2) is 7.36. The van der Waals surface area contributed by atoms with Crippen LogP contribution >= 0.6 is 11.6 Å². The number of carbonyl (C=O) groups excluding carboxylic acids is 2. The summed E-state index contributed by atoms with van der Waals surface area (Å²) in [6, 6.07) is 13.0. The molecular weight excluding hydrogens is 380 g/mol. The molecule has 0 bridgehead atoms. The number of hydrogen-bond acceptors (Lipinski definition) is 4. The summed E-state index contributed by atoms with van der Waals surface area (Å²) in [6.45, 7) is 2.78. The first-order chi connectivity index (χ1) is 13.5. The summed E-state index contributed by atoms with van der Waals surface area (Å²) < 4.78 is 11.1. The van der Waals surface area contributed by atoms with Gasteiger partial charge in [-0.1, -0.05) is 41.9 Å². The maximum atomic E-state index is 13.0. The third-order valence-corrected chi connectivity index (χ3v) is 5.38. The summed E-state index contributed by atoms with van der Waals surface area (Å²) >= 11 is 6.27. The van der Waals surface area contributed by atoms with Crippen molar-refractivity contribution in [3.05, 3.63) is 58.6 Å². The fourth-order valence-electron chi connectivity index (χ4n) is 3.54. The molecule has 1 atom stereocenters. The van der Waals surface area contributed by atoms with E-state index in [4.69, 9.17) is 21.1 Å². The topological polar surface area (TPSA) is 67.9 Å². The molecule has 2 aromatic carbocycles. The van der Waals surface area contributed by atoms with E-state index >= 15 is 0 Å². The molecule has 6 nitrogen and oxygen atoms in total. The highest BCUT2D eigenvalue weighted by molar-refractivity contribution is 6.32. The van der Waals surface area contributed by atoms with Crippen LogP contribution in [0.3, 0.4) is 0 Å². The monoisotopic (exact) mass is 400 g/mol. The Morgan fingerprint density at radius 2 is 1.86 bits per heavy atom. The predicted octanol–water partition coefficient (Wildman–Crippen LogP) is 3.55. The minimum absolute atomic E-state index is 0.127. The highest BCUT2D eigenvalue weighted by Crippen LogP contribution is 2.39. The quantitative estimate of drug-likeness (QED) is 0.779. The van der Waals surface area contributed by atoms with E-state index in [1.54, 1.807) is 19.1 Å².